The lowest BCUT2D eigenvalue weighted by Gasteiger charge is -2.15. The molecule has 0 aromatic heterocycles. The number of ketones is 1. The first kappa shape index (κ1) is 7.61. The van der Waals surface area contributed by atoms with E-state index >= 15 is 0 Å². The van der Waals surface area contributed by atoms with Gasteiger partial charge in [0.15, 0.2) is 5.78 Å². The topological polar surface area (TPSA) is 29.1 Å². The zero-order valence-corrected chi connectivity index (χ0v) is 6.95. The van der Waals surface area contributed by atoms with E-state index in [4.69, 9.17) is 0 Å². The Labute approximate surface area is 73.3 Å². The van der Waals surface area contributed by atoms with Gasteiger partial charge < -0.3 is 4.72 Å². The molecule has 0 fully saturated rings. The molecule has 2 nitrogen and oxygen atoms in total. The minimum atomic E-state index is -0.365. The Morgan fingerprint density at radius 3 is 3.17 bits per heavy atom. The summed E-state index contributed by atoms with van der Waals surface area (Å²) >= 11 is 1.33. The highest BCUT2D eigenvalue weighted by Gasteiger charge is 2.17. The molecule has 0 radical (unpaired) electrons. The number of rotatable bonds is 0. The number of nitrogens with one attached hydrogen (secondary N) is 1. The number of fused-ring (bicyclic) bond motifs is 1. The Morgan fingerprint density at radius 2 is 2.33 bits per heavy atom. The number of Topliss-reactive ketones (excluding diaryl/α,β-unsaturated/α-hetero) is 1. The first-order chi connectivity index (χ1) is 5.77. The molecule has 62 valence electrons. The Morgan fingerprint density at radius 1 is 1.50 bits per heavy atom. The van der Waals surface area contributed by atoms with Crippen molar-refractivity contribution in [3.8, 4) is 0 Å². The van der Waals surface area contributed by atoms with Crippen LogP contribution in [0.3, 0.4) is 0 Å². The molecule has 0 spiro atoms. The SMILES string of the molecule is O=C1CSNc2ccc(F)cc21. The van der Waals surface area contributed by atoms with Crippen molar-refractivity contribution in [2.75, 3.05) is 10.5 Å². The van der Waals surface area contributed by atoms with Gasteiger partial charge >= 0.3 is 0 Å². The van der Waals surface area contributed by atoms with E-state index in [1.807, 2.05) is 0 Å². The molecule has 2 rings (SSSR count). The molecule has 0 unspecified atom stereocenters. The van der Waals surface area contributed by atoms with E-state index in [9.17, 15) is 9.18 Å². The van der Waals surface area contributed by atoms with Crippen molar-refractivity contribution in [1.29, 1.82) is 0 Å². The maximum atomic E-state index is 12.7. The summed E-state index contributed by atoms with van der Waals surface area (Å²) in [5.74, 6) is -0.0137. The van der Waals surface area contributed by atoms with Crippen LogP contribution < -0.4 is 4.72 Å². The number of halogens is 1. The largest absolute Gasteiger partial charge is 0.329 e. The van der Waals surface area contributed by atoms with Gasteiger partial charge in [-0.15, -0.1) is 0 Å². The molecule has 1 aromatic carbocycles. The molecule has 0 aliphatic carbocycles. The fourth-order valence-electron chi connectivity index (χ4n) is 1.09. The smallest absolute Gasteiger partial charge is 0.176 e. The third kappa shape index (κ3) is 1.18. The van der Waals surface area contributed by atoms with Crippen LogP contribution in [-0.4, -0.2) is 11.5 Å². The molecule has 0 bridgehead atoms. The van der Waals surface area contributed by atoms with Gasteiger partial charge in [-0.2, -0.15) is 0 Å². The maximum absolute atomic E-state index is 12.7. The summed E-state index contributed by atoms with van der Waals surface area (Å²) < 4.78 is 15.6. The molecular weight excluding hydrogens is 177 g/mol. The number of anilines is 1. The van der Waals surface area contributed by atoms with Crippen molar-refractivity contribution in [2.45, 2.75) is 0 Å². The Kier molecular flexibility index (Phi) is 1.77. The van der Waals surface area contributed by atoms with Gasteiger partial charge in [0.25, 0.3) is 0 Å². The first-order valence-electron chi connectivity index (χ1n) is 3.48. The van der Waals surface area contributed by atoms with Crippen LogP contribution in [0.2, 0.25) is 0 Å². The van der Waals surface area contributed by atoms with Crippen molar-refractivity contribution in [3.05, 3.63) is 29.6 Å². The van der Waals surface area contributed by atoms with E-state index in [-0.39, 0.29) is 11.6 Å². The molecule has 0 atom stereocenters. The number of hydrogen-bond acceptors (Lipinski definition) is 3. The van der Waals surface area contributed by atoms with E-state index < -0.39 is 0 Å². The summed E-state index contributed by atoms with van der Waals surface area (Å²) in [5.41, 5.74) is 1.16. The minimum Gasteiger partial charge on any atom is -0.329 e. The van der Waals surface area contributed by atoms with E-state index in [2.05, 4.69) is 4.72 Å². The quantitative estimate of drug-likeness (QED) is 0.624. The van der Waals surface area contributed by atoms with Gasteiger partial charge in [0.1, 0.15) is 5.82 Å². The van der Waals surface area contributed by atoms with Crippen LogP contribution >= 0.6 is 11.9 Å². The van der Waals surface area contributed by atoms with E-state index in [1.165, 1.54) is 24.1 Å². The van der Waals surface area contributed by atoms with Gasteiger partial charge in [0.2, 0.25) is 0 Å². The van der Waals surface area contributed by atoms with Crippen molar-refractivity contribution < 1.29 is 9.18 Å². The molecule has 12 heavy (non-hydrogen) atoms. The molecule has 0 saturated heterocycles. The predicted octanol–water partition coefficient (Wildman–Crippen LogP) is 2.08. The standard InChI is InChI=1S/C8H6FNOS/c9-5-1-2-7-6(3-5)8(11)4-12-10-7/h1-3,10H,4H2. The van der Waals surface area contributed by atoms with E-state index in [0.29, 0.717) is 17.0 Å². The molecule has 1 aliphatic heterocycles. The van der Waals surface area contributed by atoms with Crippen LogP contribution in [-0.2, 0) is 0 Å². The Balaban J connectivity index is 2.54. The zero-order chi connectivity index (χ0) is 8.55. The van der Waals surface area contributed by atoms with Crippen LogP contribution in [0, 0.1) is 5.82 Å². The summed E-state index contributed by atoms with van der Waals surface area (Å²) in [4.78, 5) is 11.2. The van der Waals surface area contributed by atoms with Gasteiger partial charge in [0.05, 0.1) is 11.4 Å². The molecule has 1 aromatic rings. The second-order valence-corrected chi connectivity index (χ2v) is 3.29. The lowest BCUT2D eigenvalue weighted by molar-refractivity contribution is 0.102. The third-order valence-electron chi connectivity index (χ3n) is 1.67. The van der Waals surface area contributed by atoms with Gasteiger partial charge in [-0.05, 0) is 30.1 Å². The first-order valence-corrected chi connectivity index (χ1v) is 4.46. The fourth-order valence-corrected chi connectivity index (χ4v) is 1.79. The van der Waals surface area contributed by atoms with Crippen LogP contribution in [0.1, 0.15) is 10.4 Å². The average molecular weight is 183 g/mol. The van der Waals surface area contributed by atoms with Crippen molar-refractivity contribution in [2.24, 2.45) is 0 Å². The van der Waals surface area contributed by atoms with Gasteiger partial charge in [-0.25, -0.2) is 4.39 Å². The Hall–Kier alpha value is -1.03. The summed E-state index contributed by atoms with van der Waals surface area (Å²) in [6.45, 7) is 0. The summed E-state index contributed by atoms with van der Waals surface area (Å²) in [5, 5.41) is 0. The van der Waals surface area contributed by atoms with Crippen molar-refractivity contribution in [3.63, 3.8) is 0 Å². The molecule has 0 amide bonds. The molecule has 1 N–H and O–H groups in total. The molecular formula is C8H6FNOS. The summed E-state index contributed by atoms with van der Waals surface area (Å²) in [6, 6.07) is 4.18. The molecule has 1 heterocycles. The number of benzene rings is 1. The van der Waals surface area contributed by atoms with Crippen LogP contribution in [0.4, 0.5) is 10.1 Å². The van der Waals surface area contributed by atoms with E-state index in [0.717, 1.165) is 0 Å². The van der Waals surface area contributed by atoms with Crippen molar-refractivity contribution >= 4 is 23.4 Å². The van der Waals surface area contributed by atoms with Crippen LogP contribution in [0.5, 0.6) is 0 Å². The lowest BCUT2D eigenvalue weighted by Crippen LogP contribution is -2.13. The summed E-state index contributed by atoms with van der Waals surface area (Å²) in [7, 11) is 0. The normalized spacial score (nSPS) is 15.2. The van der Waals surface area contributed by atoms with E-state index in [1.54, 1.807) is 6.07 Å². The second-order valence-electron chi connectivity index (χ2n) is 2.50. The average Bonchev–Trinajstić information content (AvgIpc) is 2.07. The molecule has 0 saturated carbocycles. The monoisotopic (exact) mass is 183 g/mol. The predicted molar refractivity (Wildman–Crippen MR) is 46.8 cm³/mol. The highest BCUT2D eigenvalue weighted by molar-refractivity contribution is 8.01. The third-order valence-corrected chi connectivity index (χ3v) is 2.44. The lowest BCUT2D eigenvalue weighted by atomic mass is 10.1. The molecule has 1 aliphatic rings. The number of hydrogen-bond donors (Lipinski definition) is 1. The number of carbonyl (C=O) groups excluding carboxylic acids is 1. The van der Waals surface area contributed by atoms with Crippen LogP contribution in [0.25, 0.3) is 0 Å². The number of carbonyl (C=O) groups is 1. The zero-order valence-electron chi connectivity index (χ0n) is 6.13. The highest BCUT2D eigenvalue weighted by atomic mass is 32.2. The highest BCUT2D eigenvalue weighted by Crippen LogP contribution is 2.26. The van der Waals surface area contributed by atoms with Crippen LogP contribution in [0.15, 0.2) is 18.2 Å². The van der Waals surface area contributed by atoms with Gasteiger partial charge in [-0.3, -0.25) is 4.79 Å². The van der Waals surface area contributed by atoms with Gasteiger partial charge in [-0.1, -0.05) is 0 Å². The minimum absolute atomic E-state index is 0.0201. The second kappa shape index (κ2) is 2.79. The summed E-state index contributed by atoms with van der Waals surface area (Å²) in [6.07, 6.45) is 0. The van der Waals surface area contributed by atoms with Gasteiger partial charge in [0, 0.05) is 5.56 Å². The van der Waals surface area contributed by atoms with Crippen molar-refractivity contribution in [1.82, 2.24) is 0 Å². The fraction of sp³-hybridized carbons (Fsp3) is 0.125. The Bertz CT molecular complexity index is 340. The maximum Gasteiger partial charge on any atom is 0.176 e. The molecule has 4 heteroatoms.